The molecule has 0 saturated heterocycles. The van der Waals surface area contributed by atoms with Gasteiger partial charge in [0.05, 0.1) is 22.9 Å². The van der Waals surface area contributed by atoms with Crippen LogP contribution >= 0.6 is 11.3 Å². The molecule has 5 nitrogen and oxygen atoms in total. The number of nitrogens with zero attached hydrogens (tertiary/aromatic N) is 4. The number of rotatable bonds is 2. The number of benzene rings is 1. The molecule has 0 N–H and O–H groups in total. The van der Waals surface area contributed by atoms with Crippen LogP contribution in [0.25, 0.3) is 20.4 Å². The molecule has 0 aliphatic heterocycles. The molecule has 4 rings (SSSR count). The molecular formula is C17H14N4OS. The Balaban J connectivity index is 1.92. The smallest absolute Gasteiger partial charge is 0.271 e. The molecular weight excluding hydrogens is 308 g/mol. The van der Waals surface area contributed by atoms with Crippen LogP contribution in [-0.4, -0.2) is 19.5 Å². The Labute approximate surface area is 136 Å². The average Bonchev–Trinajstić information content (AvgIpc) is 2.91. The number of aryl methyl sites for hydroxylation is 2. The first-order valence-electron chi connectivity index (χ1n) is 7.29. The van der Waals surface area contributed by atoms with Crippen molar-refractivity contribution >= 4 is 31.8 Å². The summed E-state index contributed by atoms with van der Waals surface area (Å²) < 4.78 is 2.13. The van der Waals surface area contributed by atoms with Crippen LogP contribution < -0.4 is 5.56 Å². The normalized spacial score (nSPS) is 11.4. The molecule has 0 radical (unpaired) electrons. The number of hydrogen-bond donors (Lipinski definition) is 0. The van der Waals surface area contributed by atoms with Crippen LogP contribution in [0.3, 0.4) is 0 Å². The SMILES string of the molecule is Cc1nc(Cc2ccccc2)nc2sc3c(=O)n(C)cnc3c12. The predicted molar refractivity (Wildman–Crippen MR) is 91.9 cm³/mol. The first-order valence-corrected chi connectivity index (χ1v) is 8.10. The van der Waals surface area contributed by atoms with Crippen LogP contribution in [0.15, 0.2) is 41.5 Å². The van der Waals surface area contributed by atoms with Crippen LogP contribution in [0.2, 0.25) is 0 Å². The summed E-state index contributed by atoms with van der Waals surface area (Å²) in [7, 11) is 1.71. The van der Waals surface area contributed by atoms with E-state index in [2.05, 4.69) is 27.1 Å². The highest BCUT2D eigenvalue weighted by molar-refractivity contribution is 7.25. The fraction of sp³-hybridized carbons (Fsp3) is 0.176. The maximum absolute atomic E-state index is 12.3. The molecule has 1 aromatic carbocycles. The lowest BCUT2D eigenvalue weighted by molar-refractivity contribution is 0.845. The summed E-state index contributed by atoms with van der Waals surface area (Å²) in [5.41, 5.74) is 2.70. The van der Waals surface area contributed by atoms with Gasteiger partial charge in [-0.1, -0.05) is 30.3 Å². The molecule has 0 aliphatic rings. The summed E-state index contributed by atoms with van der Waals surface area (Å²) in [5, 5.41) is 0.888. The van der Waals surface area contributed by atoms with Crippen molar-refractivity contribution in [2.75, 3.05) is 0 Å². The van der Waals surface area contributed by atoms with Crippen molar-refractivity contribution in [3.63, 3.8) is 0 Å². The topological polar surface area (TPSA) is 60.7 Å². The Bertz CT molecular complexity index is 1080. The lowest BCUT2D eigenvalue weighted by Gasteiger charge is -2.03. The van der Waals surface area contributed by atoms with Crippen molar-refractivity contribution in [3.05, 3.63) is 64.1 Å². The van der Waals surface area contributed by atoms with Gasteiger partial charge in [0, 0.05) is 13.5 Å². The number of aromatic nitrogens is 4. The van der Waals surface area contributed by atoms with E-state index in [-0.39, 0.29) is 5.56 Å². The molecule has 0 bridgehead atoms. The van der Waals surface area contributed by atoms with Gasteiger partial charge in [-0.2, -0.15) is 0 Å². The monoisotopic (exact) mass is 322 g/mol. The van der Waals surface area contributed by atoms with Crippen LogP contribution in [0.5, 0.6) is 0 Å². The zero-order valence-electron chi connectivity index (χ0n) is 12.8. The summed E-state index contributed by atoms with van der Waals surface area (Å²) in [4.78, 5) is 26.8. The van der Waals surface area contributed by atoms with Gasteiger partial charge in [-0.3, -0.25) is 4.79 Å². The second-order valence-corrected chi connectivity index (χ2v) is 6.51. The van der Waals surface area contributed by atoms with Gasteiger partial charge < -0.3 is 4.57 Å². The van der Waals surface area contributed by atoms with Crippen molar-refractivity contribution in [3.8, 4) is 0 Å². The predicted octanol–water partition coefficient (Wildman–Crippen LogP) is 2.84. The second kappa shape index (κ2) is 5.24. The summed E-state index contributed by atoms with van der Waals surface area (Å²) in [6, 6.07) is 10.1. The maximum Gasteiger partial charge on any atom is 0.271 e. The third-order valence-electron chi connectivity index (χ3n) is 3.83. The standard InChI is InChI=1S/C17H14N4OS/c1-10-13-14-15(17(22)21(2)9-18-14)23-16(13)20-12(19-10)8-11-6-4-3-5-7-11/h3-7,9H,8H2,1-2H3. The van der Waals surface area contributed by atoms with Crippen LogP contribution in [0.4, 0.5) is 0 Å². The molecule has 3 heterocycles. The molecule has 0 unspecified atom stereocenters. The number of thiophene rings is 1. The van der Waals surface area contributed by atoms with Crippen LogP contribution in [-0.2, 0) is 13.5 Å². The summed E-state index contributed by atoms with van der Waals surface area (Å²) in [5.74, 6) is 0.768. The van der Waals surface area contributed by atoms with E-state index in [4.69, 9.17) is 0 Å². The Hall–Kier alpha value is -2.60. The molecule has 0 aliphatic carbocycles. The van der Waals surface area contributed by atoms with Gasteiger partial charge in [-0.15, -0.1) is 11.3 Å². The van der Waals surface area contributed by atoms with Gasteiger partial charge in [0.25, 0.3) is 5.56 Å². The minimum Gasteiger partial charge on any atom is -0.301 e. The quantitative estimate of drug-likeness (QED) is 0.569. The molecule has 4 aromatic rings. The lowest BCUT2D eigenvalue weighted by atomic mass is 10.1. The van der Waals surface area contributed by atoms with Gasteiger partial charge in [-0.05, 0) is 12.5 Å². The number of fused-ring (bicyclic) bond motifs is 3. The third-order valence-corrected chi connectivity index (χ3v) is 4.89. The maximum atomic E-state index is 12.3. The fourth-order valence-electron chi connectivity index (χ4n) is 2.69. The third kappa shape index (κ3) is 2.31. The van der Waals surface area contributed by atoms with E-state index < -0.39 is 0 Å². The van der Waals surface area contributed by atoms with Crippen molar-refractivity contribution < 1.29 is 0 Å². The molecule has 0 amide bonds. The zero-order chi connectivity index (χ0) is 16.0. The highest BCUT2D eigenvalue weighted by Crippen LogP contribution is 2.30. The van der Waals surface area contributed by atoms with Crippen LogP contribution in [0.1, 0.15) is 17.1 Å². The average molecular weight is 322 g/mol. The molecule has 23 heavy (non-hydrogen) atoms. The minimum absolute atomic E-state index is 0.0398. The van der Waals surface area contributed by atoms with E-state index in [0.29, 0.717) is 16.6 Å². The minimum atomic E-state index is -0.0398. The van der Waals surface area contributed by atoms with Gasteiger partial charge in [0.1, 0.15) is 15.4 Å². The van der Waals surface area contributed by atoms with Gasteiger partial charge >= 0.3 is 0 Å². The Morgan fingerprint density at radius 2 is 1.96 bits per heavy atom. The van der Waals surface area contributed by atoms with E-state index >= 15 is 0 Å². The van der Waals surface area contributed by atoms with Crippen molar-refractivity contribution in [1.29, 1.82) is 0 Å². The molecule has 6 heteroatoms. The molecule has 0 atom stereocenters. The Morgan fingerprint density at radius 1 is 1.17 bits per heavy atom. The first kappa shape index (κ1) is 14.0. The van der Waals surface area contributed by atoms with E-state index in [1.165, 1.54) is 21.5 Å². The number of hydrogen-bond acceptors (Lipinski definition) is 5. The second-order valence-electron chi connectivity index (χ2n) is 5.51. The summed E-state index contributed by atoms with van der Waals surface area (Å²) in [6.45, 7) is 1.95. The van der Waals surface area contributed by atoms with E-state index in [1.807, 2.05) is 25.1 Å². The summed E-state index contributed by atoms with van der Waals surface area (Å²) in [6.07, 6.45) is 2.23. The largest absolute Gasteiger partial charge is 0.301 e. The van der Waals surface area contributed by atoms with E-state index in [0.717, 1.165) is 21.7 Å². The fourth-order valence-corrected chi connectivity index (χ4v) is 3.86. The first-order chi connectivity index (χ1) is 11.1. The lowest BCUT2D eigenvalue weighted by Crippen LogP contribution is -2.15. The van der Waals surface area contributed by atoms with Crippen LogP contribution in [0, 0.1) is 6.92 Å². The molecule has 0 fully saturated rings. The van der Waals surface area contributed by atoms with Crippen molar-refractivity contribution in [1.82, 2.24) is 19.5 Å². The Morgan fingerprint density at radius 3 is 2.74 bits per heavy atom. The van der Waals surface area contributed by atoms with Gasteiger partial charge in [-0.25, -0.2) is 15.0 Å². The molecule has 0 spiro atoms. The van der Waals surface area contributed by atoms with Crippen molar-refractivity contribution in [2.24, 2.45) is 7.05 Å². The highest BCUT2D eigenvalue weighted by Gasteiger charge is 2.15. The molecule has 3 aromatic heterocycles. The molecule has 0 saturated carbocycles. The zero-order valence-corrected chi connectivity index (χ0v) is 13.6. The van der Waals surface area contributed by atoms with Gasteiger partial charge in [0.15, 0.2) is 0 Å². The summed E-state index contributed by atoms with van der Waals surface area (Å²) >= 11 is 1.39. The highest BCUT2D eigenvalue weighted by atomic mass is 32.1. The van der Waals surface area contributed by atoms with Crippen molar-refractivity contribution in [2.45, 2.75) is 13.3 Å². The molecule has 114 valence electrons. The van der Waals surface area contributed by atoms with Gasteiger partial charge in [0.2, 0.25) is 0 Å². The van der Waals surface area contributed by atoms with E-state index in [9.17, 15) is 4.79 Å². The van der Waals surface area contributed by atoms with E-state index in [1.54, 1.807) is 13.4 Å². The Kier molecular flexibility index (Phi) is 3.20.